The molecule has 0 unspecified atom stereocenters. The van der Waals surface area contributed by atoms with Crippen molar-refractivity contribution in [2.75, 3.05) is 40.0 Å². The molecule has 0 saturated carbocycles. The van der Waals surface area contributed by atoms with Crippen LogP contribution in [0.25, 0.3) is 0 Å². The molecule has 1 aromatic heterocycles. The van der Waals surface area contributed by atoms with Gasteiger partial charge in [0, 0.05) is 26.0 Å². The molecule has 1 atom stereocenters. The summed E-state index contributed by atoms with van der Waals surface area (Å²) in [5, 5.41) is 0. The summed E-state index contributed by atoms with van der Waals surface area (Å²) in [6.07, 6.45) is 3.67. The molecule has 3 rings (SSSR count). The smallest absolute Gasteiger partial charge is 0.248 e. The van der Waals surface area contributed by atoms with E-state index in [1.54, 1.807) is 11.1 Å². The van der Waals surface area contributed by atoms with Crippen molar-refractivity contribution in [2.24, 2.45) is 5.92 Å². The van der Waals surface area contributed by atoms with E-state index in [0.717, 1.165) is 19.4 Å². The maximum absolute atomic E-state index is 11.8. The third-order valence-corrected chi connectivity index (χ3v) is 4.49. The lowest BCUT2D eigenvalue weighted by Crippen LogP contribution is -2.66. The molecule has 2 fully saturated rings. The molecule has 3 heterocycles. The third-order valence-electron chi connectivity index (χ3n) is 4.49. The Labute approximate surface area is 130 Å². The van der Waals surface area contributed by atoms with E-state index >= 15 is 0 Å². The van der Waals surface area contributed by atoms with Crippen molar-refractivity contribution in [1.29, 1.82) is 0 Å². The Morgan fingerprint density at radius 1 is 1.50 bits per heavy atom. The molecule has 0 N–H and O–H groups in total. The Morgan fingerprint density at radius 3 is 3.09 bits per heavy atom. The molecular weight excluding hydrogens is 284 g/mol. The number of aromatic nitrogens is 1. The van der Waals surface area contributed by atoms with E-state index in [1.807, 2.05) is 18.2 Å². The Morgan fingerprint density at radius 2 is 2.36 bits per heavy atom. The molecule has 0 aromatic carbocycles. The fraction of sp³-hybridized carbons (Fsp3) is 0.625. The summed E-state index contributed by atoms with van der Waals surface area (Å²) in [5.41, 5.74) is -0.170. The first kappa shape index (κ1) is 15.2. The molecule has 1 spiro atoms. The minimum atomic E-state index is -0.170. The maximum Gasteiger partial charge on any atom is 0.248 e. The summed E-state index contributed by atoms with van der Waals surface area (Å²) < 4.78 is 16.5. The van der Waals surface area contributed by atoms with Crippen molar-refractivity contribution in [3.8, 4) is 5.88 Å². The van der Waals surface area contributed by atoms with E-state index in [9.17, 15) is 4.79 Å². The molecular formula is C16H22N2O4. The zero-order valence-corrected chi connectivity index (χ0v) is 12.9. The highest BCUT2D eigenvalue weighted by Crippen LogP contribution is 2.41. The summed E-state index contributed by atoms with van der Waals surface area (Å²) in [5.74, 6) is 1.12. The van der Waals surface area contributed by atoms with Crippen LogP contribution in [0.1, 0.15) is 12.8 Å². The number of likely N-dealkylation sites (tertiary alicyclic amines) is 1. The minimum Gasteiger partial charge on any atom is -0.478 e. The highest BCUT2D eigenvalue weighted by atomic mass is 16.5. The summed E-state index contributed by atoms with van der Waals surface area (Å²) >= 11 is 0. The van der Waals surface area contributed by atoms with Crippen LogP contribution in [0.2, 0.25) is 0 Å². The van der Waals surface area contributed by atoms with Crippen molar-refractivity contribution < 1.29 is 19.0 Å². The number of ether oxygens (including phenoxy) is 3. The fourth-order valence-corrected chi connectivity index (χ4v) is 3.27. The normalized spacial score (nSPS) is 22.6. The Balaban J connectivity index is 1.47. The van der Waals surface area contributed by atoms with Gasteiger partial charge in [0.2, 0.25) is 11.8 Å². The molecule has 6 heteroatoms. The van der Waals surface area contributed by atoms with E-state index < -0.39 is 0 Å². The van der Waals surface area contributed by atoms with Gasteiger partial charge in [-0.3, -0.25) is 4.79 Å². The van der Waals surface area contributed by atoms with Crippen molar-refractivity contribution in [2.45, 2.75) is 18.4 Å². The number of nitrogens with zero attached hydrogens (tertiary/aromatic N) is 2. The zero-order valence-electron chi connectivity index (χ0n) is 12.9. The van der Waals surface area contributed by atoms with E-state index in [0.29, 0.717) is 31.5 Å². The molecule has 0 bridgehead atoms. The molecule has 1 amide bonds. The van der Waals surface area contributed by atoms with Crippen molar-refractivity contribution in [3.05, 3.63) is 24.4 Å². The first-order valence-corrected chi connectivity index (χ1v) is 7.68. The second-order valence-electron chi connectivity index (χ2n) is 5.89. The van der Waals surface area contributed by atoms with Crippen LogP contribution in [0.15, 0.2) is 24.4 Å². The van der Waals surface area contributed by atoms with E-state index in [2.05, 4.69) is 4.98 Å². The minimum absolute atomic E-state index is 0.0344. The van der Waals surface area contributed by atoms with Crippen LogP contribution < -0.4 is 4.74 Å². The largest absolute Gasteiger partial charge is 0.478 e. The molecule has 0 radical (unpaired) electrons. The van der Waals surface area contributed by atoms with Crippen molar-refractivity contribution in [1.82, 2.24) is 9.88 Å². The molecule has 6 nitrogen and oxygen atoms in total. The molecule has 2 saturated heterocycles. The number of hydrogen-bond acceptors (Lipinski definition) is 5. The van der Waals surface area contributed by atoms with Crippen LogP contribution in [0.4, 0.5) is 0 Å². The Bertz CT molecular complexity index is 502. The molecule has 22 heavy (non-hydrogen) atoms. The quantitative estimate of drug-likeness (QED) is 0.788. The Hall–Kier alpha value is -1.66. The predicted molar refractivity (Wildman–Crippen MR) is 79.6 cm³/mol. The average Bonchev–Trinajstić information content (AvgIpc) is 2.91. The van der Waals surface area contributed by atoms with Crippen LogP contribution in [0.5, 0.6) is 5.88 Å². The van der Waals surface area contributed by atoms with Crippen LogP contribution in [0.3, 0.4) is 0 Å². The van der Waals surface area contributed by atoms with Gasteiger partial charge in [-0.25, -0.2) is 4.98 Å². The molecule has 0 aliphatic carbocycles. The number of pyridine rings is 1. The van der Waals surface area contributed by atoms with Crippen LogP contribution in [0, 0.1) is 5.92 Å². The highest BCUT2D eigenvalue weighted by molar-refractivity contribution is 5.78. The van der Waals surface area contributed by atoms with Gasteiger partial charge in [0.1, 0.15) is 12.2 Å². The highest BCUT2D eigenvalue weighted by Gasteiger charge is 2.53. The van der Waals surface area contributed by atoms with Gasteiger partial charge in [0.15, 0.2) is 0 Å². The van der Waals surface area contributed by atoms with E-state index in [-0.39, 0.29) is 18.1 Å². The van der Waals surface area contributed by atoms with E-state index in [4.69, 9.17) is 14.2 Å². The van der Waals surface area contributed by atoms with Crippen LogP contribution in [-0.2, 0) is 14.3 Å². The lowest BCUT2D eigenvalue weighted by molar-refractivity contribution is -0.168. The Kier molecular flexibility index (Phi) is 4.59. The lowest BCUT2D eigenvalue weighted by Gasteiger charge is -2.50. The molecule has 120 valence electrons. The number of amides is 1. The summed E-state index contributed by atoms with van der Waals surface area (Å²) in [6.45, 7) is 2.87. The standard InChI is InChI=1S/C16H22N2O4/c1-20-10-15(19)18-11-16(12-18)13(6-9-22-16)5-8-21-14-4-2-3-7-17-14/h2-4,7,13H,5-6,8-12H2,1H3/t13-/m0/s1. The van der Waals surface area contributed by atoms with Gasteiger partial charge in [0.25, 0.3) is 0 Å². The van der Waals surface area contributed by atoms with Gasteiger partial charge in [-0.2, -0.15) is 0 Å². The second-order valence-corrected chi connectivity index (χ2v) is 5.89. The number of carbonyl (C=O) groups is 1. The lowest BCUT2D eigenvalue weighted by atomic mass is 9.79. The third kappa shape index (κ3) is 3.08. The number of hydrogen-bond donors (Lipinski definition) is 0. The number of methoxy groups -OCH3 is 1. The SMILES string of the molecule is COCC(=O)N1CC2(C1)OCC[C@@H]2CCOc1ccccn1. The number of carbonyl (C=O) groups excluding carboxylic acids is 1. The average molecular weight is 306 g/mol. The van der Waals surface area contributed by atoms with Crippen molar-refractivity contribution >= 4 is 5.91 Å². The van der Waals surface area contributed by atoms with Crippen LogP contribution in [-0.4, -0.2) is 61.4 Å². The second kappa shape index (κ2) is 6.62. The van der Waals surface area contributed by atoms with Gasteiger partial charge >= 0.3 is 0 Å². The van der Waals surface area contributed by atoms with Gasteiger partial charge in [-0.15, -0.1) is 0 Å². The summed E-state index contributed by atoms with van der Waals surface area (Å²) in [7, 11) is 1.54. The summed E-state index contributed by atoms with van der Waals surface area (Å²) in [4.78, 5) is 17.7. The van der Waals surface area contributed by atoms with Gasteiger partial charge in [0.05, 0.1) is 19.7 Å². The van der Waals surface area contributed by atoms with Crippen LogP contribution >= 0.6 is 0 Å². The van der Waals surface area contributed by atoms with Crippen molar-refractivity contribution in [3.63, 3.8) is 0 Å². The molecule has 1 aromatic rings. The van der Waals surface area contributed by atoms with Gasteiger partial charge in [-0.05, 0) is 24.8 Å². The first-order valence-electron chi connectivity index (χ1n) is 7.68. The molecule has 2 aliphatic rings. The monoisotopic (exact) mass is 306 g/mol. The topological polar surface area (TPSA) is 60.9 Å². The van der Waals surface area contributed by atoms with Gasteiger partial charge in [-0.1, -0.05) is 6.07 Å². The first-order chi connectivity index (χ1) is 10.7. The number of rotatable bonds is 6. The predicted octanol–water partition coefficient (Wildman–Crippen LogP) is 1.11. The van der Waals surface area contributed by atoms with E-state index in [1.165, 1.54) is 7.11 Å². The fourth-order valence-electron chi connectivity index (χ4n) is 3.27. The maximum atomic E-state index is 11.8. The molecule has 2 aliphatic heterocycles. The summed E-state index contributed by atoms with van der Waals surface area (Å²) in [6, 6.07) is 5.63. The zero-order chi connectivity index (χ0) is 15.4. The van der Waals surface area contributed by atoms with Gasteiger partial charge < -0.3 is 19.1 Å².